The lowest BCUT2D eigenvalue weighted by molar-refractivity contribution is -0.137. The van der Waals surface area contributed by atoms with Crippen LogP contribution in [0.2, 0.25) is 0 Å². The van der Waals surface area contributed by atoms with Crippen LogP contribution in [-0.4, -0.2) is 16.1 Å². The van der Waals surface area contributed by atoms with Gasteiger partial charge in [0, 0.05) is 11.8 Å². The van der Waals surface area contributed by atoms with Crippen molar-refractivity contribution >= 4 is 5.97 Å². The lowest BCUT2D eigenvalue weighted by Gasteiger charge is -2.35. The summed E-state index contributed by atoms with van der Waals surface area (Å²) >= 11 is 0. The molecule has 0 aromatic carbocycles. The number of carbonyl (C=O) groups is 1. The largest absolute Gasteiger partial charge is 0.481 e. The summed E-state index contributed by atoms with van der Waals surface area (Å²) in [6.45, 7) is 2.16. The van der Waals surface area contributed by atoms with Crippen molar-refractivity contribution in [2.45, 2.75) is 44.4 Å². The third kappa shape index (κ3) is 2.03. The number of hydrogen-bond acceptors (Lipinski definition) is 3. The molecule has 1 aromatic heterocycles. The second-order valence-corrected chi connectivity index (χ2v) is 4.43. The smallest absolute Gasteiger partial charge is 0.303 e. The van der Waals surface area contributed by atoms with Crippen molar-refractivity contribution < 1.29 is 14.3 Å². The van der Waals surface area contributed by atoms with Gasteiger partial charge in [0.1, 0.15) is 5.76 Å². The molecule has 1 fully saturated rings. The van der Waals surface area contributed by atoms with Crippen molar-refractivity contribution in [1.82, 2.24) is 4.98 Å². The van der Waals surface area contributed by atoms with Gasteiger partial charge in [-0.25, -0.2) is 4.98 Å². The first-order chi connectivity index (χ1) is 7.10. The molecule has 1 aliphatic carbocycles. The van der Waals surface area contributed by atoms with E-state index in [9.17, 15) is 4.79 Å². The fourth-order valence-corrected chi connectivity index (χ4v) is 1.87. The molecule has 0 radical (unpaired) electrons. The lowest BCUT2D eigenvalue weighted by Crippen LogP contribution is -2.29. The molecule has 1 aromatic rings. The number of oxazole rings is 1. The molecule has 0 saturated heterocycles. The minimum atomic E-state index is -0.815. The Morgan fingerprint density at radius 1 is 1.67 bits per heavy atom. The average Bonchev–Trinajstić information content (AvgIpc) is 2.59. The predicted molar refractivity (Wildman–Crippen MR) is 53.7 cm³/mol. The maximum absolute atomic E-state index is 10.4. The highest BCUT2D eigenvalue weighted by Crippen LogP contribution is 2.43. The summed E-state index contributed by atoms with van der Waals surface area (Å²) in [6.07, 6.45) is 5.72. The highest BCUT2D eigenvalue weighted by Gasteiger charge is 2.36. The van der Waals surface area contributed by atoms with Crippen LogP contribution in [0.15, 0.2) is 10.6 Å². The Balaban J connectivity index is 2.00. The van der Waals surface area contributed by atoms with Gasteiger partial charge in [0.2, 0.25) is 0 Å². The van der Waals surface area contributed by atoms with Crippen molar-refractivity contribution in [3.63, 3.8) is 0 Å². The van der Waals surface area contributed by atoms with E-state index >= 15 is 0 Å². The third-order valence-electron chi connectivity index (χ3n) is 3.16. The zero-order chi connectivity index (χ0) is 10.9. The first-order valence-electron chi connectivity index (χ1n) is 5.27. The van der Waals surface area contributed by atoms with Crippen LogP contribution in [0.3, 0.4) is 0 Å². The zero-order valence-electron chi connectivity index (χ0n) is 8.82. The van der Waals surface area contributed by atoms with Crippen LogP contribution in [-0.2, 0) is 16.6 Å². The number of aryl methyl sites for hydroxylation is 1. The molecular weight excluding hydrogens is 194 g/mol. The van der Waals surface area contributed by atoms with Gasteiger partial charge in [0.25, 0.3) is 0 Å². The Labute approximate surface area is 88.3 Å². The fraction of sp³-hybridized carbons (Fsp3) is 0.636. The molecule has 82 valence electrons. The molecular formula is C11H15NO3. The van der Waals surface area contributed by atoms with E-state index in [-0.39, 0.29) is 11.8 Å². The number of aliphatic carboxylic acids is 1. The van der Waals surface area contributed by atoms with Crippen LogP contribution in [0.1, 0.15) is 44.3 Å². The zero-order valence-corrected chi connectivity index (χ0v) is 8.82. The maximum atomic E-state index is 10.4. The molecule has 15 heavy (non-hydrogen) atoms. The summed E-state index contributed by atoms with van der Waals surface area (Å²) in [7, 11) is 0. The number of rotatable bonds is 4. The van der Waals surface area contributed by atoms with Gasteiger partial charge in [-0.3, -0.25) is 4.79 Å². The summed E-state index contributed by atoms with van der Waals surface area (Å²) < 4.78 is 5.57. The molecule has 0 unspecified atom stereocenters. The molecule has 0 spiro atoms. The standard InChI is InChI=1S/C11H15NO3/c1-11(5-2-6-11)8-7-12-9(15-8)3-4-10(13)14/h7H,2-6H2,1H3,(H,13,14). The Morgan fingerprint density at radius 2 is 2.40 bits per heavy atom. The maximum Gasteiger partial charge on any atom is 0.303 e. The van der Waals surface area contributed by atoms with E-state index < -0.39 is 5.97 Å². The van der Waals surface area contributed by atoms with Crippen molar-refractivity contribution in [3.8, 4) is 0 Å². The van der Waals surface area contributed by atoms with Crippen molar-refractivity contribution in [2.24, 2.45) is 0 Å². The Kier molecular flexibility index (Phi) is 2.50. The SMILES string of the molecule is CC1(c2cnc(CCC(=O)O)o2)CCC1. The van der Waals surface area contributed by atoms with E-state index in [0.717, 1.165) is 18.6 Å². The van der Waals surface area contributed by atoms with Crippen LogP contribution >= 0.6 is 0 Å². The van der Waals surface area contributed by atoms with Crippen LogP contribution in [0, 0.1) is 0 Å². The lowest BCUT2D eigenvalue weighted by atomic mass is 9.69. The van der Waals surface area contributed by atoms with Gasteiger partial charge < -0.3 is 9.52 Å². The van der Waals surface area contributed by atoms with E-state index in [2.05, 4.69) is 11.9 Å². The van der Waals surface area contributed by atoms with Gasteiger partial charge in [-0.2, -0.15) is 0 Å². The molecule has 1 saturated carbocycles. The number of hydrogen-bond donors (Lipinski definition) is 1. The van der Waals surface area contributed by atoms with Gasteiger partial charge >= 0.3 is 5.97 Å². The number of carboxylic acid groups (broad SMARTS) is 1. The second kappa shape index (κ2) is 3.68. The van der Waals surface area contributed by atoms with E-state index in [1.165, 1.54) is 6.42 Å². The molecule has 0 amide bonds. The van der Waals surface area contributed by atoms with Crippen molar-refractivity contribution in [2.75, 3.05) is 0 Å². The summed E-state index contributed by atoms with van der Waals surface area (Å²) in [5, 5.41) is 8.53. The quantitative estimate of drug-likeness (QED) is 0.825. The second-order valence-electron chi connectivity index (χ2n) is 4.43. The van der Waals surface area contributed by atoms with E-state index in [4.69, 9.17) is 9.52 Å². The number of carboxylic acids is 1. The van der Waals surface area contributed by atoms with Gasteiger partial charge in [0.05, 0.1) is 12.6 Å². The topological polar surface area (TPSA) is 63.3 Å². The summed E-state index contributed by atoms with van der Waals surface area (Å²) in [6, 6.07) is 0. The number of aromatic nitrogens is 1. The molecule has 1 aliphatic rings. The molecule has 4 nitrogen and oxygen atoms in total. The molecule has 2 rings (SSSR count). The van der Waals surface area contributed by atoms with E-state index in [1.807, 2.05) is 0 Å². The normalized spacial score (nSPS) is 18.5. The van der Waals surface area contributed by atoms with Gasteiger partial charge in [0.15, 0.2) is 5.89 Å². The summed E-state index contributed by atoms with van der Waals surface area (Å²) in [5.74, 6) is 0.638. The Hall–Kier alpha value is -1.32. The van der Waals surface area contributed by atoms with Crippen molar-refractivity contribution in [1.29, 1.82) is 0 Å². The van der Waals surface area contributed by atoms with Gasteiger partial charge in [-0.15, -0.1) is 0 Å². The first-order valence-corrected chi connectivity index (χ1v) is 5.27. The van der Waals surface area contributed by atoms with E-state index in [1.54, 1.807) is 6.20 Å². The molecule has 1 N–H and O–H groups in total. The minimum absolute atomic E-state index is 0.0800. The third-order valence-corrected chi connectivity index (χ3v) is 3.16. The summed E-state index contributed by atoms with van der Waals surface area (Å²) in [4.78, 5) is 14.5. The molecule has 4 heteroatoms. The first kappa shape index (κ1) is 10.2. The van der Waals surface area contributed by atoms with Crippen molar-refractivity contribution in [3.05, 3.63) is 17.8 Å². The van der Waals surface area contributed by atoms with Gasteiger partial charge in [-0.1, -0.05) is 13.3 Å². The van der Waals surface area contributed by atoms with Crippen LogP contribution in [0.25, 0.3) is 0 Å². The molecule has 0 bridgehead atoms. The highest BCUT2D eigenvalue weighted by atomic mass is 16.4. The van der Waals surface area contributed by atoms with E-state index in [0.29, 0.717) is 12.3 Å². The monoisotopic (exact) mass is 209 g/mol. The van der Waals surface area contributed by atoms with Crippen LogP contribution in [0.4, 0.5) is 0 Å². The Bertz CT molecular complexity index is 366. The highest BCUT2D eigenvalue weighted by molar-refractivity contribution is 5.66. The molecule has 1 heterocycles. The number of nitrogens with zero attached hydrogens (tertiary/aromatic N) is 1. The minimum Gasteiger partial charge on any atom is -0.481 e. The fourth-order valence-electron chi connectivity index (χ4n) is 1.87. The molecule has 0 atom stereocenters. The van der Waals surface area contributed by atoms with Crippen LogP contribution in [0.5, 0.6) is 0 Å². The van der Waals surface area contributed by atoms with Gasteiger partial charge in [-0.05, 0) is 12.8 Å². The average molecular weight is 209 g/mol. The van der Waals surface area contributed by atoms with Crippen LogP contribution < -0.4 is 0 Å². The predicted octanol–water partition coefficient (Wildman–Crippen LogP) is 2.13. The Morgan fingerprint density at radius 3 is 2.93 bits per heavy atom. The summed E-state index contributed by atoms with van der Waals surface area (Å²) in [5.41, 5.74) is 0.147. The molecule has 0 aliphatic heterocycles.